The zero-order chi connectivity index (χ0) is 31.4. The Morgan fingerprint density at radius 2 is 1.64 bits per heavy atom. The van der Waals surface area contributed by atoms with E-state index in [-0.39, 0.29) is 5.91 Å². The van der Waals surface area contributed by atoms with Crippen LogP contribution < -0.4 is 5.32 Å². The molecule has 3 aromatic carbocycles. The van der Waals surface area contributed by atoms with Gasteiger partial charge in [-0.2, -0.15) is 4.31 Å². The van der Waals surface area contributed by atoms with E-state index in [2.05, 4.69) is 53.7 Å². The first kappa shape index (κ1) is 31.7. The number of carbonyl (C=O) groups is 1. The van der Waals surface area contributed by atoms with Crippen molar-refractivity contribution in [1.29, 1.82) is 0 Å². The zero-order valence-corrected chi connectivity index (χ0v) is 27.3. The van der Waals surface area contributed by atoms with E-state index < -0.39 is 10.0 Å². The van der Waals surface area contributed by atoms with Gasteiger partial charge in [-0.05, 0) is 117 Å². The molecule has 2 aliphatic heterocycles. The number of anilines is 1. The van der Waals surface area contributed by atoms with E-state index in [0.29, 0.717) is 29.9 Å². The molecule has 0 atom stereocenters. The first-order chi connectivity index (χ1) is 21.8. The molecule has 0 spiro atoms. The minimum atomic E-state index is -3.49. The lowest BCUT2D eigenvalue weighted by Gasteiger charge is -2.32. The molecule has 0 saturated carbocycles. The SMILES string of the molecule is Cc1ccc(S(=O)(=O)N2CCC(c3cccc4c3CCCC(C(=O)Nc3ccc(CN(C)C5CCOCC5)cc3)=C4)CC2)cc1. The van der Waals surface area contributed by atoms with Crippen LogP contribution in [0, 0.1) is 6.92 Å². The number of carbonyl (C=O) groups excluding carboxylic acids is 1. The summed E-state index contributed by atoms with van der Waals surface area (Å²) in [7, 11) is -1.32. The molecule has 2 fully saturated rings. The van der Waals surface area contributed by atoms with Crippen molar-refractivity contribution < 1.29 is 17.9 Å². The number of hydrogen-bond donors (Lipinski definition) is 1. The fraction of sp³-hybridized carbons (Fsp3) is 0.432. The summed E-state index contributed by atoms with van der Waals surface area (Å²) in [4.78, 5) is 16.2. The summed E-state index contributed by atoms with van der Waals surface area (Å²) in [6, 6.07) is 22.3. The van der Waals surface area contributed by atoms with Crippen LogP contribution in [-0.4, -0.2) is 62.9 Å². The Kier molecular flexibility index (Phi) is 9.85. The summed E-state index contributed by atoms with van der Waals surface area (Å²) in [6.45, 7) is 5.54. The van der Waals surface area contributed by atoms with Gasteiger partial charge in [-0.25, -0.2) is 8.42 Å². The predicted octanol–water partition coefficient (Wildman–Crippen LogP) is 6.53. The van der Waals surface area contributed by atoms with Crippen LogP contribution in [-0.2, 0) is 32.5 Å². The van der Waals surface area contributed by atoms with Gasteiger partial charge in [-0.3, -0.25) is 9.69 Å². The van der Waals surface area contributed by atoms with E-state index in [1.807, 2.05) is 31.2 Å². The summed E-state index contributed by atoms with van der Waals surface area (Å²) >= 11 is 0. The van der Waals surface area contributed by atoms with Crippen LogP contribution in [0.15, 0.2) is 77.2 Å². The lowest BCUT2D eigenvalue weighted by molar-refractivity contribution is -0.112. The Labute approximate surface area is 268 Å². The van der Waals surface area contributed by atoms with Gasteiger partial charge in [0.25, 0.3) is 5.91 Å². The maximum atomic E-state index is 13.4. The van der Waals surface area contributed by atoms with Gasteiger partial charge in [0.2, 0.25) is 10.0 Å². The van der Waals surface area contributed by atoms with Gasteiger partial charge in [0.15, 0.2) is 0 Å². The van der Waals surface area contributed by atoms with Crippen LogP contribution in [0.2, 0.25) is 0 Å². The minimum Gasteiger partial charge on any atom is -0.381 e. The predicted molar refractivity (Wildman–Crippen MR) is 180 cm³/mol. The van der Waals surface area contributed by atoms with E-state index in [1.165, 1.54) is 16.7 Å². The lowest BCUT2D eigenvalue weighted by atomic mass is 9.84. The van der Waals surface area contributed by atoms with Crippen LogP contribution in [0.1, 0.15) is 72.3 Å². The first-order valence-corrected chi connectivity index (χ1v) is 17.8. The number of benzene rings is 3. The molecule has 1 amide bonds. The number of aryl methyl sites for hydroxylation is 1. The van der Waals surface area contributed by atoms with Crippen LogP contribution in [0.5, 0.6) is 0 Å². The molecule has 1 aliphatic carbocycles. The van der Waals surface area contributed by atoms with Gasteiger partial charge >= 0.3 is 0 Å². The van der Waals surface area contributed by atoms with Crippen molar-refractivity contribution >= 4 is 27.7 Å². The quantitative estimate of drug-likeness (QED) is 0.307. The van der Waals surface area contributed by atoms with Gasteiger partial charge in [-0.1, -0.05) is 48.0 Å². The molecule has 2 heterocycles. The average Bonchev–Trinajstić information content (AvgIpc) is 3.29. The molecule has 6 rings (SSSR count). The number of hydrogen-bond acceptors (Lipinski definition) is 5. The van der Waals surface area contributed by atoms with Crippen LogP contribution in [0.25, 0.3) is 6.08 Å². The van der Waals surface area contributed by atoms with E-state index in [0.717, 1.165) is 87.1 Å². The first-order valence-electron chi connectivity index (χ1n) is 16.4. The monoisotopic (exact) mass is 627 g/mol. The highest BCUT2D eigenvalue weighted by Gasteiger charge is 2.31. The van der Waals surface area contributed by atoms with E-state index in [9.17, 15) is 13.2 Å². The summed E-state index contributed by atoms with van der Waals surface area (Å²) in [5.41, 5.74) is 7.60. The molecular formula is C37H45N3O4S. The Bertz CT molecular complexity index is 1620. The maximum absolute atomic E-state index is 13.4. The molecule has 8 heteroatoms. The number of fused-ring (bicyclic) bond motifs is 1. The molecule has 45 heavy (non-hydrogen) atoms. The van der Waals surface area contributed by atoms with Crippen LogP contribution in [0.4, 0.5) is 5.69 Å². The Balaban J connectivity index is 1.09. The Morgan fingerprint density at radius 3 is 2.36 bits per heavy atom. The summed E-state index contributed by atoms with van der Waals surface area (Å²) < 4.78 is 33.6. The molecule has 0 unspecified atom stereocenters. The van der Waals surface area contributed by atoms with Crippen molar-refractivity contribution in [2.45, 2.75) is 75.3 Å². The van der Waals surface area contributed by atoms with Gasteiger partial charge in [0, 0.05) is 50.2 Å². The summed E-state index contributed by atoms with van der Waals surface area (Å²) in [6.07, 6.45) is 8.33. The van der Waals surface area contributed by atoms with Crippen molar-refractivity contribution in [2.24, 2.45) is 0 Å². The lowest BCUT2D eigenvalue weighted by Crippen LogP contribution is -2.38. The summed E-state index contributed by atoms with van der Waals surface area (Å²) in [5.74, 6) is 0.257. The topological polar surface area (TPSA) is 79.0 Å². The molecule has 2 saturated heterocycles. The Morgan fingerprint density at radius 1 is 0.933 bits per heavy atom. The highest BCUT2D eigenvalue weighted by molar-refractivity contribution is 7.89. The number of ether oxygens (including phenoxy) is 1. The fourth-order valence-corrected chi connectivity index (χ4v) is 8.51. The smallest absolute Gasteiger partial charge is 0.251 e. The third-order valence-electron chi connectivity index (χ3n) is 9.75. The molecule has 238 valence electrons. The fourth-order valence-electron chi connectivity index (χ4n) is 7.04. The number of amides is 1. The second kappa shape index (κ2) is 14.0. The summed E-state index contributed by atoms with van der Waals surface area (Å²) in [5, 5.41) is 3.13. The van der Waals surface area contributed by atoms with Crippen LogP contribution in [0.3, 0.4) is 0 Å². The number of nitrogens with one attached hydrogen (secondary N) is 1. The number of nitrogens with zero attached hydrogens (tertiary/aromatic N) is 2. The van der Waals surface area contributed by atoms with Crippen molar-refractivity contribution in [2.75, 3.05) is 38.7 Å². The second-order valence-electron chi connectivity index (χ2n) is 12.8. The minimum absolute atomic E-state index is 0.0463. The molecule has 1 N–H and O–H groups in total. The van der Waals surface area contributed by atoms with Crippen molar-refractivity contribution in [1.82, 2.24) is 9.21 Å². The highest BCUT2D eigenvalue weighted by Crippen LogP contribution is 2.36. The number of piperidine rings is 1. The molecule has 3 aliphatic rings. The second-order valence-corrected chi connectivity index (χ2v) is 14.8. The molecule has 3 aromatic rings. The van der Waals surface area contributed by atoms with E-state index in [1.54, 1.807) is 16.4 Å². The normalized spacial score (nSPS) is 18.7. The molecule has 0 bridgehead atoms. The standard InChI is InChI=1S/C37H45N3O4S/c1-27-9-15-34(16-10-27)45(42,43)40-21-17-29(18-22-40)35-7-3-5-30-25-31(6-4-8-36(30)35)37(41)38-32-13-11-28(12-14-32)26-39(2)33-19-23-44-24-20-33/h3,5,7,9-16,25,29,33H,4,6,8,17-24,26H2,1-2H3,(H,38,41). The van der Waals surface area contributed by atoms with Crippen molar-refractivity contribution in [3.05, 3.63) is 100 Å². The Hall–Kier alpha value is -3.30. The van der Waals surface area contributed by atoms with Crippen molar-refractivity contribution in [3.63, 3.8) is 0 Å². The zero-order valence-electron chi connectivity index (χ0n) is 26.5. The van der Waals surface area contributed by atoms with Gasteiger partial charge in [0.1, 0.15) is 0 Å². The van der Waals surface area contributed by atoms with Crippen LogP contribution >= 0.6 is 0 Å². The van der Waals surface area contributed by atoms with E-state index in [4.69, 9.17) is 4.74 Å². The molecule has 0 radical (unpaired) electrons. The van der Waals surface area contributed by atoms with Gasteiger partial charge in [0.05, 0.1) is 4.90 Å². The molecule has 0 aromatic heterocycles. The number of rotatable bonds is 8. The maximum Gasteiger partial charge on any atom is 0.251 e. The van der Waals surface area contributed by atoms with Crippen molar-refractivity contribution in [3.8, 4) is 0 Å². The van der Waals surface area contributed by atoms with Gasteiger partial charge in [-0.15, -0.1) is 0 Å². The van der Waals surface area contributed by atoms with E-state index >= 15 is 0 Å². The largest absolute Gasteiger partial charge is 0.381 e. The third-order valence-corrected chi connectivity index (χ3v) is 11.7. The third kappa shape index (κ3) is 7.41. The molecular weight excluding hydrogens is 582 g/mol. The highest BCUT2D eigenvalue weighted by atomic mass is 32.2. The molecule has 7 nitrogen and oxygen atoms in total. The van der Waals surface area contributed by atoms with Gasteiger partial charge < -0.3 is 10.1 Å². The number of sulfonamides is 1. The average molecular weight is 628 g/mol.